The summed E-state index contributed by atoms with van der Waals surface area (Å²) < 4.78 is 21.1. The maximum atomic E-state index is 13.5. The van der Waals surface area contributed by atoms with Crippen molar-refractivity contribution in [3.63, 3.8) is 0 Å². The fraction of sp³-hybridized carbons (Fsp3) is 0.471. The molecule has 0 fully saturated rings. The lowest BCUT2D eigenvalue weighted by Crippen LogP contribution is -2.30. The second-order valence-electron chi connectivity index (χ2n) is 6.26. The number of carbonyl (C=O) groups excluding carboxylic acids is 1. The Morgan fingerprint density at radius 3 is 3.00 bits per heavy atom. The highest BCUT2D eigenvalue weighted by atomic mass is 19.1. The molecule has 2 N–H and O–H groups in total. The van der Waals surface area contributed by atoms with E-state index in [-0.39, 0.29) is 18.3 Å². The highest BCUT2D eigenvalue weighted by Gasteiger charge is 2.16. The van der Waals surface area contributed by atoms with Crippen molar-refractivity contribution in [1.82, 2.24) is 20.1 Å². The van der Waals surface area contributed by atoms with E-state index in [1.165, 1.54) is 18.2 Å². The fourth-order valence-corrected chi connectivity index (χ4v) is 2.78. The Labute approximate surface area is 145 Å². The summed E-state index contributed by atoms with van der Waals surface area (Å²) >= 11 is 0. The van der Waals surface area contributed by atoms with Gasteiger partial charge in [0, 0.05) is 19.0 Å². The van der Waals surface area contributed by atoms with Crippen LogP contribution < -0.4 is 15.4 Å². The van der Waals surface area contributed by atoms with Crippen molar-refractivity contribution in [1.29, 1.82) is 0 Å². The first kappa shape index (κ1) is 17.2. The van der Waals surface area contributed by atoms with Crippen molar-refractivity contribution in [3.05, 3.63) is 35.7 Å². The predicted molar refractivity (Wildman–Crippen MR) is 91.0 cm³/mol. The fourth-order valence-electron chi connectivity index (χ4n) is 2.78. The summed E-state index contributed by atoms with van der Waals surface area (Å²) in [6.45, 7) is 4.86. The van der Waals surface area contributed by atoms with Crippen molar-refractivity contribution in [3.8, 4) is 5.75 Å². The van der Waals surface area contributed by atoms with E-state index in [0.29, 0.717) is 5.75 Å². The van der Waals surface area contributed by atoms with Crippen molar-refractivity contribution in [2.45, 2.75) is 52.3 Å². The summed E-state index contributed by atoms with van der Waals surface area (Å²) in [5, 5.41) is 13.6. The van der Waals surface area contributed by atoms with Gasteiger partial charge in [-0.2, -0.15) is 0 Å². The Kier molecular flexibility index (Phi) is 5.16. The number of aryl methyl sites for hydroxylation is 1. The van der Waals surface area contributed by atoms with Gasteiger partial charge in [-0.05, 0) is 38.8 Å². The largest absolute Gasteiger partial charge is 0.489 e. The monoisotopic (exact) mass is 347 g/mol. The molecular weight excluding hydrogens is 325 g/mol. The van der Waals surface area contributed by atoms with Gasteiger partial charge in [-0.1, -0.05) is 0 Å². The van der Waals surface area contributed by atoms with Gasteiger partial charge in [-0.15, -0.1) is 10.2 Å². The Morgan fingerprint density at radius 1 is 1.36 bits per heavy atom. The lowest BCUT2D eigenvalue weighted by atomic mass is 10.2. The molecule has 25 heavy (non-hydrogen) atoms. The number of amides is 2. The van der Waals surface area contributed by atoms with E-state index >= 15 is 0 Å². The molecule has 0 saturated carbocycles. The SMILES string of the molecule is CC(C)Oc1ccc(F)cc1NC(=O)NCc1nnc2n1CCCC2. The van der Waals surface area contributed by atoms with E-state index in [1.807, 2.05) is 18.4 Å². The van der Waals surface area contributed by atoms with E-state index in [1.54, 1.807) is 0 Å². The lowest BCUT2D eigenvalue weighted by Gasteiger charge is -2.16. The lowest BCUT2D eigenvalue weighted by molar-refractivity contribution is 0.241. The van der Waals surface area contributed by atoms with Crippen LogP contribution in [-0.2, 0) is 19.5 Å². The molecule has 0 radical (unpaired) electrons. The molecule has 8 heteroatoms. The summed E-state index contributed by atoms with van der Waals surface area (Å²) in [6, 6.07) is 3.58. The molecule has 3 rings (SSSR count). The number of hydrogen-bond acceptors (Lipinski definition) is 4. The molecule has 1 aromatic heterocycles. The zero-order chi connectivity index (χ0) is 17.8. The number of ether oxygens (including phenoxy) is 1. The Balaban J connectivity index is 1.63. The third-order valence-electron chi connectivity index (χ3n) is 3.90. The van der Waals surface area contributed by atoms with E-state index in [0.717, 1.165) is 37.5 Å². The average Bonchev–Trinajstić information content (AvgIpc) is 2.98. The molecule has 0 atom stereocenters. The van der Waals surface area contributed by atoms with Gasteiger partial charge in [0.2, 0.25) is 0 Å². The molecule has 1 aliphatic rings. The summed E-state index contributed by atoms with van der Waals surface area (Å²) in [6.07, 6.45) is 3.03. The molecule has 2 heterocycles. The van der Waals surface area contributed by atoms with Crippen LogP contribution in [0.4, 0.5) is 14.9 Å². The third kappa shape index (κ3) is 4.26. The van der Waals surface area contributed by atoms with Gasteiger partial charge in [0.1, 0.15) is 17.4 Å². The standard InChI is InChI=1S/C17H22FN5O2/c1-11(2)25-14-7-6-12(18)9-13(14)20-17(24)19-10-16-22-21-15-5-3-4-8-23(15)16/h6-7,9,11H,3-5,8,10H2,1-2H3,(H2,19,20,24). The summed E-state index contributed by atoms with van der Waals surface area (Å²) in [7, 11) is 0. The van der Waals surface area contributed by atoms with Crippen LogP contribution in [0.1, 0.15) is 38.3 Å². The molecule has 0 aliphatic carbocycles. The second kappa shape index (κ2) is 7.50. The minimum absolute atomic E-state index is 0.0865. The van der Waals surface area contributed by atoms with Crippen LogP contribution in [0, 0.1) is 5.82 Å². The van der Waals surface area contributed by atoms with Gasteiger partial charge in [-0.25, -0.2) is 9.18 Å². The normalized spacial score (nSPS) is 13.4. The number of nitrogens with one attached hydrogen (secondary N) is 2. The topological polar surface area (TPSA) is 81.1 Å². The summed E-state index contributed by atoms with van der Waals surface area (Å²) in [5.74, 6) is 1.66. The van der Waals surface area contributed by atoms with Crippen LogP contribution in [0.25, 0.3) is 0 Å². The first-order valence-corrected chi connectivity index (χ1v) is 8.45. The van der Waals surface area contributed by atoms with Gasteiger partial charge < -0.3 is 19.9 Å². The summed E-state index contributed by atoms with van der Waals surface area (Å²) in [5.41, 5.74) is 0.287. The molecule has 7 nitrogen and oxygen atoms in total. The van der Waals surface area contributed by atoms with E-state index < -0.39 is 11.8 Å². The van der Waals surface area contributed by atoms with Gasteiger partial charge >= 0.3 is 6.03 Å². The predicted octanol–water partition coefficient (Wildman–Crippen LogP) is 2.86. The average molecular weight is 347 g/mol. The number of urea groups is 1. The van der Waals surface area contributed by atoms with E-state index in [9.17, 15) is 9.18 Å². The number of nitrogens with zero attached hydrogens (tertiary/aromatic N) is 3. The van der Waals surface area contributed by atoms with Gasteiger partial charge in [0.15, 0.2) is 5.82 Å². The number of carbonyl (C=O) groups is 1. The highest BCUT2D eigenvalue weighted by Crippen LogP contribution is 2.26. The number of halogens is 1. The van der Waals surface area contributed by atoms with Crippen LogP contribution in [-0.4, -0.2) is 26.9 Å². The van der Waals surface area contributed by atoms with Crippen molar-refractivity contribution >= 4 is 11.7 Å². The number of aromatic nitrogens is 3. The third-order valence-corrected chi connectivity index (χ3v) is 3.90. The van der Waals surface area contributed by atoms with Gasteiger partial charge in [0.05, 0.1) is 18.3 Å². The smallest absolute Gasteiger partial charge is 0.319 e. The number of anilines is 1. The maximum Gasteiger partial charge on any atom is 0.319 e. The molecule has 0 unspecified atom stereocenters. The minimum Gasteiger partial charge on any atom is -0.489 e. The van der Waals surface area contributed by atoms with Crippen molar-refractivity contribution < 1.29 is 13.9 Å². The van der Waals surface area contributed by atoms with Crippen molar-refractivity contribution in [2.75, 3.05) is 5.32 Å². The van der Waals surface area contributed by atoms with Gasteiger partial charge in [0.25, 0.3) is 0 Å². The zero-order valence-corrected chi connectivity index (χ0v) is 14.4. The summed E-state index contributed by atoms with van der Waals surface area (Å²) in [4.78, 5) is 12.2. The molecule has 134 valence electrons. The van der Waals surface area contributed by atoms with E-state index in [4.69, 9.17) is 4.74 Å². The van der Waals surface area contributed by atoms with Crippen molar-refractivity contribution in [2.24, 2.45) is 0 Å². The first-order valence-electron chi connectivity index (χ1n) is 8.45. The number of fused-ring (bicyclic) bond motifs is 1. The van der Waals surface area contributed by atoms with Crippen LogP contribution in [0.3, 0.4) is 0 Å². The number of benzene rings is 1. The Bertz CT molecular complexity index is 759. The number of hydrogen-bond donors (Lipinski definition) is 2. The molecular formula is C17H22FN5O2. The maximum absolute atomic E-state index is 13.5. The quantitative estimate of drug-likeness (QED) is 0.871. The molecule has 0 saturated heterocycles. The molecule has 1 aromatic carbocycles. The highest BCUT2D eigenvalue weighted by molar-refractivity contribution is 5.90. The molecule has 2 aromatic rings. The van der Waals surface area contributed by atoms with Crippen LogP contribution in [0.2, 0.25) is 0 Å². The molecule has 2 amide bonds. The van der Waals surface area contributed by atoms with E-state index in [2.05, 4.69) is 20.8 Å². The van der Waals surface area contributed by atoms with Crippen LogP contribution in [0.15, 0.2) is 18.2 Å². The zero-order valence-electron chi connectivity index (χ0n) is 14.4. The Morgan fingerprint density at radius 2 is 2.20 bits per heavy atom. The molecule has 0 bridgehead atoms. The molecule has 0 spiro atoms. The van der Waals surface area contributed by atoms with Gasteiger partial charge in [-0.3, -0.25) is 0 Å². The first-order chi connectivity index (χ1) is 12.0. The van der Waals surface area contributed by atoms with Crippen LogP contribution in [0.5, 0.6) is 5.75 Å². The molecule has 1 aliphatic heterocycles. The Hall–Kier alpha value is -2.64. The van der Waals surface area contributed by atoms with Crippen LogP contribution >= 0.6 is 0 Å². The minimum atomic E-state index is -0.452. The second-order valence-corrected chi connectivity index (χ2v) is 6.26. The number of rotatable bonds is 5.